The van der Waals surface area contributed by atoms with Gasteiger partial charge in [0.2, 0.25) is 0 Å². The first-order valence-corrected chi connectivity index (χ1v) is 14.4. The molecule has 0 aliphatic rings. The highest BCUT2D eigenvalue weighted by Gasteiger charge is 2.15. The van der Waals surface area contributed by atoms with E-state index in [9.17, 15) is 0 Å². The van der Waals surface area contributed by atoms with Gasteiger partial charge in [-0.25, -0.2) is 4.98 Å². The highest BCUT2D eigenvalue weighted by atomic mass is 32.2. The van der Waals surface area contributed by atoms with Crippen molar-refractivity contribution < 1.29 is 9.47 Å². The maximum atomic E-state index is 6.07. The summed E-state index contributed by atoms with van der Waals surface area (Å²) in [5.74, 6) is 0.872. The first-order valence-electron chi connectivity index (χ1n) is 9.92. The molecule has 0 unspecified atom stereocenters. The van der Waals surface area contributed by atoms with Crippen LogP contribution in [0.25, 0.3) is 0 Å². The van der Waals surface area contributed by atoms with Crippen LogP contribution < -0.4 is 4.74 Å². The van der Waals surface area contributed by atoms with E-state index in [0.717, 1.165) is 35.7 Å². The summed E-state index contributed by atoms with van der Waals surface area (Å²) in [4.78, 5) is 5.88. The third-order valence-corrected chi connectivity index (χ3v) is 7.34. The number of aromatic nitrogens is 2. The Morgan fingerprint density at radius 2 is 1.72 bits per heavy atom. The molecule has 3 aromatic rings. The van der Waals surface area contributed by atoms with Gasteiger partial charge in [-0.2, -0.15) is 0 Å². The Kier molecular flexibility index (Phi) is 7.58. The lowest BCUT2D eigenvalue weighted by atomic mass is 10.1. The maximum absolute atomic E-state index is 6.07. The minimum atomic E-state index is -1.10. The average molecular weight is 427 g/mol. The zero-order chi connectivity index (χ0) is 20.7. The molecule has 0 saturated heterocycles. The Hall–Kier alpha value is -2.02. The Labute approximate surface area is 179 Å². The lowest BCUT2D eigenvalue weighted by molar-refractivity contribution is 0.0796. The number of rotatable bonds is 10. The molecule has 0 N–H and O–H groups in total. The van der Waals surface area contributed by atoms with E-state index in [1.165, 1.54) is 10.5 Å². The van der Waals surface area contributed by atoms with Gasteiger partial charge in [-0.05, 0) is 35.9 Å². The predicted octanol–water partition coefficient (Wildman–Crippen LogP) is 5.95. The third kappa shape index (κ3) is 6.77. The normalized spacial score (nSPS) is 11.6. The summed E-state index contributed by atoms with van der Waals surface area (Å²) in [6.07, 6.45) is 2.78. The zero-order valence-electron chi connectivity index (χ0n) is 17.7. The molecule has 154 valence electrons. The molecule has 3 rings (SSSR count). The number of methoxy groups -OCH3 is 1. The molecule has 2 aromatic carbocycles. The molecule has 1 heterocycles. The number of imidazole rings is 1. The van der Waals surface area contributed by atoms with Crippen molar-refractivity contribution in [3.63, 3.8) is 0 Å². The number of nitrogens with zero attached hydrogens (tertiary/aromatic N) is 2. The second-order valence-electron chi connectivity index (χ2n) is 8.25. The Morgan fingerprint density at radius 1 is 1.00 bits per heavy atom. The Bertz CT molecular complexity index is 889. The topological polar surface area (TPSA) is 36.3 Å². The van der Waals surface area contributed by atoms with Crippen LogP contribution in [0.4, 0.5) is 0 Å². The molecule has 0 atom stereocenters. The van der Waals surface area contributed by atoms with Crippen molar-refractivity contribution in [1.82, 2.24) is 9.55 Å². The minimum Gasteiger partial charge on any atom is -0.497 e. The maximum Gasteiger partial charge on any atom is 0.174 e. The van der Waals surface area contributed by atoms with Crippen molar-refractivity contribution in [2.75, 3.05) is 13.7 Å². The van der Waals surface area contributed by atoms with Crippen LogP contribution in [-0.2, 0) is 17.9 Å². The highest BCUT2D eigenvalue weighted by Crippen LogP contribution is 2.28. The molecule has 0 amide bonds. The minimum absolute atomic E-state index is 0.533. The third-order valence-electron chi connectivity index (χ3n) is 4.62. The van der Waals surface area contributed by atoms with Gasteiger partial charge in [-0.15, -0.1) is 0 Å². The van der Waals surface area contributed by atoms with E-state index in [4.69, 9.17) is 14.5 Å². The van der Waals surface area contributed by atoms with Gasteiger partial charge < -0.3 is 9.47 Å². The predicted molar refractivity (Wildman–Crippen MR) is 123 cm³/mol. The summed E-state index contributed by atoms with van der Waals surface area (Å²) in [5.41, 5.74) is 2.38. The Balaban J connectivity index is 1.76. The van der Waals surface area contributed by atoms with Crippen molar-refractivity contribution in [2.24, 2.45) is 0 Å². The molecule has 0 bridgehead atoms. The number of ether oxygens (including phenoxy) is 2. The Morgan fingerprint density at radius 3 is 2.38 bits per heavy atom. The van der Waals surface area contributed by atoms with Crippen LogP contribution in [0.3, 0.4) is 0 Å². The van der Waals surface area contributed by atoms with Gasteiger partial charge in [0.25, 0.3) is 0 Å². The molecular weight excluding hydrogens is 396 g/mol. The quantitative estimate of drug-likeness (QED) is 0.297. The van der Waals surface area contributed by atoms with Crippen LogP contribution in [0.15, 0.2) is 70.8 Å². The summed E-state index contributed by atoms with van der Waals surface area (Å²) < 4.78 is 13.5. The fourth-order valence-electron chi connectivity index (χ4n) is 2.83. The molecule has 0 spiro atoms. The molecule has 0 aliphatic heterocycles. The van der Waals surface area contributed by atoms with E-state index in [-0.39, 0.29) is 0 Å². The van der Waals surface area contributed by atoms with Crippen LogP contribution in [0.5, 0.6) is 5.75 Å². The standard InChI is InChI=1S/C23H30N2O2SSi/c1-26-21-12-10-19(11-13-21)16-20-17-24-23(28-22-8-6-5-7-9-22)25(20)18-27-14-15-29(2,3)4/h5-13,17H,14-16,18H2,1-4H3. The summed E-state index contributed by atoms with van der Waals surface area (Å²) >= 11 is 1.68. The SMILES string of the molecule is COc1ccc(Cc2cnc(Sc3ccccc3)n2COCC[Si](C)(C)C)cc1. The highest BCUT2D eigenvalue weighted by molar-refractivity contribution is 7.99. The van der Waals surface area contributed by atoms with Gasteiger partial charge in [-0.3, -0.25) is 4.57 Å². The van der Waals surface area contributed by atoms with Gasteiger partial charge in [0.05, 0.1) is 7.11 Å². The van der Waals surface area contributed by atoms with Gasteiger partial charge in [0, 0.05) is 37.9 Å². The first kappa shape index (κ1) is 21.7. The van der Waals surface area contributed by atoms with Crippen LogP contribution in [0, 0.1) is 0 Å². The van der Waals surface area contributed by atoms with Crippen molar-refractivity contribution in [3.05, 3.63) is 72.1 Å². The van der Waals surface area contributed by atoms with E-state index in [1.54, 1.807) is 18.9 Å². The van der Waals surface area contributed by atoms with Gasteiger partial charge in [-0.1, -0.05) is 61.7 Å². The van der Waals surface area contributed by atoms with E-state index >= 15 is 0 Å². The molecule has 0 aliphatic carbocycles. The van der Waals surface area contributed by atoms with Crippen LogP contribution in [-0.4, -0.2) is 31.3 Å². The summed E-state index contributed by atoms with van der Waals surface area (Å²) in [7, 11) is 0.585. The molecule has 4 nitrogen and oxygen atoms in total. The monoisotopic (exact) mass is 426 g/mol. The van der Waals surface area contributed by atoms with E-state index in [2.05, 4.69) is 60.6 Å². The van der Waals surface area contributed by atoms with E-state index in [1.807, 2.05) is 24.4 Å². The van der Waals surface area contributed by atoms with Crippen LogP contribution >= 0.6 is 11.8 Å². The summed E-state index contributed by atoms with van der Waals surface area (Å²) in [5, 5.41) is 0.965. The molecule has 0 saturated carbocycles. The number of hydrogen-bond acceptors (Lipinski definition) is 4. The fourth-order valence-corrected chi connectivity index (χ4v) is 4.48. The fraction of sp³-hybridized carbons (Fsp3) is 0.348. The first-order chi connectivity index (χ1) is 13.9. The van der Waals surface area contributed by atoms with Gasteiger partial charge in [0.15, 0.2) is 5.16 Å². The van der Waals surface area contributed by atoms with Crippen molar-refractivity contribution in [3.8, 4) is 5.75 Å². The van der Waals surface area contributed by atoms with Crippen LogP contribution in [0.1, 0.15) is 11.3 Å². The van der Waals surface area contributed by atoms with Crippen molar-refractivity contribution in [1.29, 1.82) is 0 Å². The van der Waals surface area contributed by atoms with Crippen molar-refractivity contribution >= 4 is 19.8 Å². The van der Waals surface area contributed by atoms with Crippen LogP contribution in [0.2, 0.25) is 25.7 Å². The van der Waals surface area contributed by atoms with Gasteiger partial charge >= 0.3 is 0 Å². The summed E-state index contributed by atoms with van der Waals surface area (Å²) in [6, 6.07) is 19.7. The van der Waals surface area contributed by atoms with Crippen molar-refractivity contribution in [2.45, 2.75) is 48.9 Å². The largest absolute Gasteiger partial charge is 0.497 e. The van der Waals surface area contributed by atoms with E-state index in [0.29, 0.717) is 6.73 Å². The average Bonchev–Trinajstić information content (AvgIpc) is 3.07. The molecule has 1 aromatic heterocycles. The zero-order valence-corrected chi connectivity index (χ0v) is 19.5. The molecule has 6 heteroatoms. The molecule has 29 heavy (non-hydrogen) atoms. The van der Waals surface area contributed by atoms with Gasteiger partial charge in [0.1, 0.15) is 12.5 Å². The lowest BCUT2D eigenvalue weighted by Gasteiger charge is -2.17. The lowest BCUT2D eigenvalue weighted by Crippen LogP contribution is -2.22. The molecule has 0 fully saturated rings. The van der Waals surface area contributed by atoms with E-state index < -0.39 is 8.07 Å². The molecule has 0 radical (unpaired) electrons. The smallest absolute Gasteiger partial charge is 0.174 e. The second kappa shape index (κ2) is 10.1. The molecular formula is C23H30N2O2SSi. The number of benzene rings is 2. The summed E-state index contributed by atoms with van der Waals surface area (Å²) in [6.45, 7) is 8.45. The number of hydrogen-bond donors (Lipinski definition) is 0. The second-order valence-corrected chi connectivity index (χ2v) is 14.9.